The highest BCUT2D eigenvalue weighted by molar-refractivity contribution is 6.00. The van der Waals surface area contributed by atoms with E-state index in [-0.39, 0.29) is 56.5 Å². The van der Waals surface area contributed by atoms with E-state index in [9.17, 15) is 34.8 Å². The largest absolute Gasteiger partial charge is 0.490 e. The molecule has 786 valence electrons. The van der Waals surface area contributed by atoms with Crippen molar-refractivity contribution < 1.29 is 86.4 Å². The number of aliphatic hydroxyl groups excluding tert-OH is 4. The topological polar surface area (TPSA) is 267 Å². The number of carbonyl (C=O) groups excluding carboxylic acids is 3. The molecule has 8 aliphatic rings. The number of ether oxygens (including phenoxy) is 8. The number of morpholine rings is 2. The van der Waals surface area contributed by atoms with Crippen molar-refractivity contribution in [2.45, 2.75) is 113 Å². The van der Waals surface area contributed by atoms with E-state index in [2.05, 4.69) is 207 Å². The molecule has 0 unspecified atom stereocenters. The van der Waals surface area contributed by atoms with Crippen LogP contribution in [0.5, 0.6) is 34.5 Å². The van der Waals surface area contributed by atoms with E-state index in [1.54, 1.807) is 29.2 Å². The van der Waals surface area contributed by atoms with Crippen LogP contribution >= 0.6 is 0 Å². The first kappa shape index (κ1) is 105. The van der Waals surface area contributed by atoms with E-state index >= 15 is 0 Å². The fourth-order valence-electron chi connectivity index (χ4n) is 22.1. The fourth-order valence-corrected chi connectivity index (χ4v) is 22.1. The highest BCUT2D eigenvalue weighted by Crippen LogP contribution is 2.42. The summed E-state index contributed by atoms with van der Waals surface area (Å²) >= 11 is 0. The number of hydrogen-bond acceptors (Lipinski definition) is 23. The van der Waals surface area contributed by atoms with Gasteiger partial charge in [0.25, 0.3) is 11.8 Å². The highest BCUT2D eigenvalue weighted by atomic mass is 16.7. The fraction of sp³-hybridized carbons (Fsp3) is 0.395. The molecule has 2 aromatic heterocycles. The first-order valence-electron chi connectivity index (χ1n) is 53.7. The second kappa shape index (κ2) is 51.2. The predicted molar refractivity (Wildman–Crippen MR) is 589 cm³/mol. The van der Waals surface area contributed by atoms with Crippen molar-refractivity contribution in [2.24, 2.45) is 0 Å². The summed E-state index contributed by atoms with van der Waals surface area (Å²) in [4.78, 5) is 58.1. The lowest BCUT2D eigenvalue weighted by atomic mass is 9.88. The van der Waals surface area contributed by atoms with Gasteiger partial charge in [-0.15, -0.1) is 0 Å². The minimum atomic E-state index is -0.620. The van der Waals surface area contributed by atoms with E-state index in [0.717, 1.165) is 164 Å². The van der Waals surface area contributed by atoms with Gasteiger partial charge in [0.1, 0.15) is 86.7 Å². The molecular weight excluding hydrogens is 1890 g/mol. The number of β-amino-alcohol motifs (C(OH)–C–C–N with tert-alkyl or cyclic N) is 4. The summed E-state index contributed by atoms with van der Waals surface area (Å²) in [5, 5.41) is 55.8. The van der Waals surface area contributed by atoms with Crippen LogP contribution in [0.4, 0.5) is 0 Å². The lowest BCUT2D eigenvalue weighted by Gasteiger charge is -2.33. The van der Waals surface area contributed by atoms with Crippen molar-refractivity contribution in [1.82, 2.24) is 39.4 Å². The molecule has 22 rings (SSSR count). The molecule has 6 saturated heterocycles. The van der Waals surface area contributed by atoms with Gasteiger partial charge in [-0.05, 0) is 261 Å². The van der Waals surface area contributed by atoms with E-state index in [1.165, 1.54) is 85.1 Å². The molecule has 0 spiro atoms. The van der Waals surface area contributed by atoms with Gasteiger partial charge < -0.3 is 96.6 Å². The average Bonchev–Trinajstić information content (AvgIpc) is 1.63. The molecule has 14 aromatic rings. The molecule has 4 atom stereocenters. The summed E-state index contributed by atoms with van der Waals surface area (Å²) in [6.07, 6.45) is 10.5. The first-order chi connectivity index (χ1) is 73.4. The zero-order valence-electron chi connectivity index (χ0n) is 86.8. The summed E-state index contributed by atoms with van der Waals surface area (Å²) in [6.45, 7) is 23.6. The number of rotatable bonds is 32. The third-order valence-electron chi connectivity index (χ3n) is 30.6. The number of carbonyl (C=O) groups is 3. The van der Waals surface area contributed by atoms with Gasteiger partial charge in [0, 0.05) is 102 Å². The van der Waals surface area contributed by atoms with E-state index in [1.807, 2.05) is 79.4 Å². The predicted octanol–water partition coefficient (Wildman–Crippen LogP) is 19.2. The van der Waals surface area contributed by atoms with Crippen molar-refractivity contribution in [2.75, 3.05) is 205 Å². The van der Waals surface area contributed by atoms with Crippen LogP contribution < -0.4 is 28.4 Å². The highest BCUT2D eigenvalue weighted by Gasteiger charge is 2.33. The Kier molecular flexibility index (Phi) is 36.0. The summed E-state index contributed by atoms with van der Waals surface area (Å²) in [7, 11) is 2.94. The van der Waals surface area contributed by atoms with Crippen molar-refractivity contribution >= 4 is 94.9 Å². The Balaban J connectivity index is 0.000000125. The minimum Gasteiger partial charge on any atom is -0.490 e. The van der Waals surface area contributed by atoms with Crippen LogP contribution in [-0.4, -0.2) is 307 Å². The van der Waals surface area contributed by atoms with Crippen LogP contribution in [0, 0.1) is 0 Å². The lowest BCUT2D eigenvalue weighted by Crippen LogP contribution is -2.42. The van der Waals surface area contributed by atoms with Crippen LogP contribution in [0.2, 0.25) is 0 Å². The molecular formula is C124H142N8O18. The monoisotopic (exact) mass is 2030 g/mol. The van der Waals surface area contributed by atoms with E-state index < -0.39 is 24.4 Å². The average molecular weight is 2030 g/mol. The molecule has 4 N–H and O–H groups in total. The molecule has 0 radical (unpaired) electrons. The minimum absolute atomic E-state index is 0.00456. The lowest BCUT2D eigenvalue weighted by molar-refractivity contribution is -0.131. The Morgan fingerprint density at radius 2 is 0.693 bits per heavy atom. The smallest absolute Gasteiger partial charge is 0.312 e. The number of furan rings is 2. The maximum absolute atomic E-state index is 12.9. The van der Waals surface area contributed by atoms with Crippen LogP contribution in [0.3, 0.4) is 0 Å². The normalized spacial score (nSPS) is 17.7. The number of hydroxylamine groups is 2. The summed E-state index contributed by atoms with van der Waals surface area (Å²) < 4.78 is 58.4. The molecule has 26 heteroatoms. The van der Waals surface area contributed by atoms with Gasteiger partial charge in [-0.3, -0.25) is 24.1 Å². The molecule has 150 heavy (non-hydrogen) atoms. The van der Waals surface area contributed by atoms with Crippen molar-refractivity contribution in [3.8, 4) is 34.5 Å². The molecule has 6 fully saturated rings. The Labute approximate surface area is 878 Å². The number of hydrogen-bond donors (Lipinski definition) is 4. The van der Waals surface area contributed by atoms with Crippen LogP contribution in [0.1, 0.15) is 143 Å². The van der Waals surface area contributed by atoms with Crippen molar-refractivity contribution in [3.63, 3.8) is 0 Å². The molecule has 0 bridgehead atoms. The third-order valence-corrected chi connectivity index (χ3v) is 30.6. The number of piperidine rings is 4. The summed E-state index contributed by atoms with van der Waals surface area (Å²) in [6, 6.07) is 87.4. The molecule has 26 nitrogen and oxygen atoms in total. The molecule has 0 saturated carbocycles. The number of fused-ring (bicyclic) bond motifs is 8. The van der Waals surface area contributed by atoms with Gasteiger partial charge in [-0.1, -0.05) is 206 Å². The molecule has 3 amide bonds. The SMILES string of the molecule is CCN(CC)C(=O)c1cc2c(OC[C@@H](O)CN3CCC(c4ccc5ccccc5c4)CC3)cccc2o1.CON(C)C(=O)c1cc2c(OC[C@@H](O)CN3CCC(c4ccc5ccccc5c4)CC3)cccc2o1.O=C(C1=Cc2cccc(OC[C@@H](O)CN3CCC(c4ccc5ccccc5c4)CC3)c2OC1)N1CCOCC1.O[C@H](COc1cccc2c1OCC(CN1CCOCC1)=C2)CN1CCC(c2ccc3ccccc3c2)CC1. The molecule has 12 aromatic carbocycles. The maximum atomic E-state index is 12.9. The molecule has 10 heterocycles. The Morgan fingerprint density at radius 3 is 1.07 bits per heavy atom. The number of likely N-dealkylation sites (tertiary alicyclic amines) is 4. The van der Waals surface area contributed by atoms with Crippen LogP contribution in [0.25, 0.3) is 77.2 Å². The first-order valence-corrected chi connectivity index (χ1v) is 53.7. The number of para-hydroxylation sites is 2. The second-order valence-electron chi connectivity index (χ2n) is 40.8. The van der Waals surface area contributed by atoms with Gasteiger partial charge in [0.05, 0.1) is 49.9 Å². The number of benzene rings is 12. The number of amides is 3. The Bertz CT molecular complexity index is 6940. The van der Waals surface area contributed by atoms with Gasteiger partial charge >= 0.3 is 5.91 Å². The van der Waals surface area contributed by atoms with Crippen LogP contribution in [-0.2, 0) is 19.1 Å². The summed E-state index contributed by atoms with van der Waals surface area (Å²) in [5.41, 5.74) is 10.6. The Morgan fingerprint density at radius 1 is 0.360 bits per heavy atom. The summed E-state index contributed by atoms with van der Waals surface area (Å²) in [5.74, 6) is 6.10. The van der Waals surface area contributed by atoms with Crippen molar-refractivity contribution in [3.05, 3.63) is 311 Å². The van der Waals surface area contributed by atoms with Gasteiger partial charge in [0.2, 0.25) is 0 Å². The number of aliphatic hydroxyl groups is 4. The van der Waals surface area contributed by atoms with Crippen LogP contribution in [0.15, 0.2) is 275 Å². The van der Waals surface area contributed by atoms with Gasteiger partial charge in [-0.2, -0.15) is 0 Å². The van der Waals surface area contributed by atoms with E-state index in [4.69, 9.17) is 51.6 Å². The third kappa shape index (κ3) is 27.1. The maximum Gasteiger partial charge on any atom is 0.312 e. The molecule has 0 aliphatic carbocycles. The zero-order valence-corrected chi connectivity index (χ0v) is 86.8. The van der Waals surface area contributed by atoms with E-state index in [0.29, 0.717) is 152 Å². The van der Waals surface area contributed by atoms with Gasteiger partial charge in [-0.25, -0.2) is 5.06 Å². The number of nitrogens with zero attached hydrogens (tertiary/aromatic N) is 8. The zero-order chi connectivity index (χ0) is 103. The van der Waals surface area contributed by atoms with Crippen molar-refractivity contribution in [1.29, 1.82) is 0 Å². The quantitative estimate of drug-likeness (QED) is 0.0285. The standard InChI is InChI=1S/C32H36N2O5.C32H38N2O4.C31H36N2O4.C29H32N2O5/c35-29(20-33-12-10-24(11-13-33)26-9-8-23-4-1-2-5-25(23)18-26)22-38-30-7-3-6-27-19-28(21-39-31(27)30)32(36)34-14-16-37-17-15-34;35-30(21-33-12-10-26(11-13-33)28-9-8-25-4-1-2-5-27(25)19-28)23-37-31-7-3-6-29-18-24(22-38-32(29)31)20-34-14-16-36-17-15-34;1-3-33(4-2)31(35)30-19-27-28(10-7-11-29(27)37-30)36-21-26(34)20-32-16-14-23(15-17-32)25-13-12-22-8-5-6-9-24(22)18-25;1-30(34-2)29(33)28-17-25-26(8-5-9-27(25)36-28)35-19-24(32)18-31-14-12-21(13-15-31)23-11-10-20-6-3-4-7-22(20)16-23/h1-9,18-19,24,29,35H,10-17,20-22H2;1-9,18-19,26,30,35H,10-17,20-23H2;5-13,18-19,23,26,34H,3-4,14-17,20-21H2,1-2H3;3-11,16-17,21,24,32H,12-15,18-19H2,1-2H3/t29-;30-;26-;24-/m0000/s1. The van der Waals surface area contributed by atoms with Gasteiger partial charge in [0.15, 0.2) is 34.5 Å². The second-order valence-corrected chi connectivity index (χ2v) is 40.8. The molecule has 8 aliphatic heterocycles. The Hall–Kier alpha value is -13.0.